The van der Waals surface area contributed by atoms with Gasteiger partial charge in [0.25, 0.3) is 0 Å². The van der Waals surface area contributed by atoms with Crippen LogP contribution in [-0.4, -0.2) is 37.2 Å². The highest BCUT2D eigenvalue weighted by Crippen LogP contribution is 2.40. The van der Waals surface area contributed by atoms with Gasteiger partial charge in [-0.25, -0.2) is 0 Å². The molecule has 0 radical (unpaired) electrons. The summed E-state index contributed by atoms with van der Waals surface area (Å²) in [7, 11) is 1.72. The zero-order valence-electron chi connectivity index (χ0n) is 18.9. The second-order valence-corrected chi connectivity index (χ2v) is 9.28. The van der Waals surface area contributed by atoms with Crippen molar-refractivity contribution in [2.45, 2.75) is 51.8 Å². The first-order valence-corrected chi connectivity index (χ1v) is 11.0. The van der Waals surface area contributed by atoms with E-state index in [-0.39, 0.29) is 5.60 Å². The van der Waals surface area contributed by atoms with E-state index in [9.17, 15) is 0 Å². The van der Waals surface area contributed by atoms with Crippen LogP contribution in [0.5, 0.6) is 11.5 Å². The molecule has 4 rings (SSSR count). The Balaban J connectivity index is 1.54. The standard InChI is InChI=1S/C26H34N2O2/c1-18(2)21-8-6-7-9-22(21)23-17-28(13-12-27-23)16-19-14-20-10-11-26(3,4)30-25(20)24(15-19)29-5/h6-11,14-15,18,23,27H,12-13,16-17H2,1-5H3/t23-/m0/s1. The Morgan fingerprint density at radius 2 is 2.03 bits per heavy atom. The van der Waals surface area contributed by atoms with Crippen LogP contribution in [0.1, 0.15) is 61.9 Å². The lowest BCUT2D eigenvalue weighted by Gasteiger charge is -2.35. The zero-order chi connectivity index (χ0) is 21.3. The zero-order valence-corrected chi connectivity index (χ0v) is 18.9. The average Bonchev–Trinajstić information content (AvgIpc) is 2.73. The number of piperazine rings is 1. The normalized spacial score (nSPS) is 20.7. The van der Waals surface area contributed by atoms with E-state index in [1.165, 1.54) is 16.7 Å². The fourth-order valence-electron chi connectivity index (χ4n) is 4.52. The number of hydrogen-bond acceptors (Lipinski definition) is 4. The van der Waals surface area contributed by atoms with Crippen molar-refractivity contribution in [1.29, 1.82) is 0 Å². The average molecular weight is 407 g/mol. The van der Waals surface area contributed by atoms with E-state index >= 15 is 0 Å². The molecule has 4 nitrogen and oxygen atoms in total. The number of fused-ring (bicyclic) bond motifs is 1. The van der Waals surface area contributed by atoms with Gasteiger partial charge in [-0.3, -0.25) is 4.90 Å². The predicted molar refractivity (Wildman–Crippen MR) is 123 cm³/mol. The van der Waals surface area contributed by atoms with Gasteiger partial charge in [-0.2, -0.15) is 0 Å². The van der Waals surface area contributed by atoms with Crippen LogP contribution in [0.15, 0.2) is 42.5 Å². The van der Waals surface area contributed by atoms with E-state index in [2.05, 4.69) is 86.5 Å². The SMILES string of the molecule is COc1cc(CN2CCN[C@H](c3ccccc3C(C)C)C2)cc2c1OC(C)(C)C=C2. The second-order valence-electron chi connectivity index (χ2n) is 9.28. The molecule has 1 N–H and O–H groups in total. The summed E-state index contributed by atoms with van der Waals surface area (Å²) in [6.45, 7) is 12.6. The Morgan fingerprint density at radius 1 is 1.23 bits per heavy atom. The molecule has 1 fully saturated rings. The molecule has 0 amide bonds. The van der Waals surface area contributed by atoms with Crippen LogP contribution >= 0.6 is 0 Å². The molecule has 2 aromatic carbocycles. The first-order valence-electron chi connectivity index (χ1n) is 11.0. The van der Waals surface area contributed by atoms with Crippen LogP contribution in [0.2, 0.25) is 0 Å². The van der Waals surface area contributed by atoms with Gasteiger partial charge >= 0.3 is 0 Å². The van der Waals surface area contributed by atoms with Crippen LogP contribution in [0.4, 0.5) is 0 Å². The van der Waals surface area contributed by atoms with E-state index in [4.69, 9.17) is 9.47 Å². The van der Waals surface area contributed by atoms with Gasteiger partial charge in [0.2, 0.25) is 0 Å². The number of ether oxygens (including phenoxy) is 2. The van der Waals surface area contributed by atoms with E-state index in [1.807, 2.05) is 0 Å². The Labute approximate surface area is 180 Å². The molecular formula is C26H34N2O2. The van der Waals surface area contributed by atoms with Crippen LogP contribution in [-0.2, 0) is 6.54 Å². The van der Waals surface area contributed by atoms with Crippen LogP contribution < -0.4 is 14.8 Å². The molecule has 4 heteroatoms. The second kappa shape index (κ2) is 8.44. The molecule has 1 atom stereocenters. The number of rotatable bonds is 5. The Kier molecular flexibility index (Phi) is 5.90. The van der Waals surface area contributed by atoms with E-state index < -0.39 is 0 Å². The summed E-state index contributed by atoms with van der Waals surface area (Å²) in [6, 6.07) is 13.6. The topological polar surface area (TPSA) is 33.7 Å². The van der Waals surface area contributed by atoms with Crippen molar-refractivity contribution in [3.63, 3.8) is 0 Å². The number of nitrogens with one attached hydrogen (secondary N) is 1. The highest BCUT2D eigenvalue weighted by molar-refractivity contribution is 5.66. The van der Waals surface area contributed by atoms with Crippen LogP contribution in [0, 0.1) is 0 Å². The molecule has 0 aliphatic carbocycles. The first kappa shape index (κ1) is 21.0. The predicted octanol–water partition coefficient (Wildman–Crippen LogP) is 5.15. The molecule has 2 heterocycles. The maximum atomic E-state index is 6.16. The third kappa shape index (κ3) is 4.40. The summed E-state index contributed by atoms with van der Waals surface area (Å²) in [5, 5.41) is 3.73. The van der Waals surface area contributed by atoms with Crippen molar-refractivity contribution in [2.24, 2.45) is 0 Å². The lowest BCUT2D eigenvalue weighted by molar-refractivity contribution is 0.152. The van der Waals surface area contributed by atoms with Gasteiger partial charge < -0.3 is 14.8 Å². The van der Waals surface area contributed by atoms with Crippen LogP contribution in [0.3, 0.4) is 0 Å². The monoisotopic (exact) mass is 406 g/mol. The molecular weight excluding hydrogens is 372 g/mol. The molecule has 2 aromatic rings. The molecule has 1 saturated heterocycles. The maximum Gasteiger partial charge on any atom is 0.169 e. The van der Waals surface area contributed by atoms with Gasteiger partial charge in [-0.1, -0.05) is 44.2 Å². The van der Waals surface area contributed by atoms with Gasteiger partial charge in [-0.05, 0) is 54.7 Å². The number of benzene rings is 2. The van der Waals surface area contributed by atoms with Crippen molar-refractivity contribution in [3.8, 4) is 11.5 Å². The molecule has 160 valence electrons. The van der Waals surface area contributed by atoms with Crippen LogP contribution in [0.25, 0.3) is 6.08 Å². The molecule has 2 aliphatic rings. The summed E-state index contributed by atoms with van der Waals surface area (Å²) < 4.78 is 11.8. The van der Waals surface area contributed by atoms with E-state index in [1.54, 1.807) is 7.11 Å². The lowest BCUT2D eigenvalue weighted by atomic mass is 9.91. The fraction of sp³-hybridized carbons (Fsp3) is 0.462. The Morgan fingerprint density at radius 3 is 2.80 bits per heavy atom. The highest BCUT2D eigenvalue weighted by atomic mass is 16.5. The molecule has 0 aromatic heterocycles. The largest absolute Gasteiger partial charge is 0.493 e. The third-order valence-electron chi connectivity index (χ3n) is 6.05. The highest BCUT2D eigenvalue weighted by Gasteiger charge is 2.27. The molecule has 30 heavy (non-hydrogen) atoms. The summed E-state index contributed by atoms with van der Waals surface area (Å²) >= 11 is 0. The van der Waals surface area contributed by atoms with Gasteiger partial charge in [0, 0.05) is 37.8 Å². The molecule has 2 aliphatic heterocycles. The quantitative estimate of drug-likeness (QED) is 0.745. The summed E-state index contributed by atoms with van der Waals surface area (Å²) in [6.07, 6.45) is 4.27. The fourth-order valence-corrected chi connectivity index (χ4v) is 4.52. The van der Waals surface area contributed by atoms with Gasteiger partial charge in [0.05, 0.1) is 7.11 Å². The lowest BCUT2D eigenvalue weighted by Crippen LogP contribution is -2.45. The van der Waals surface area contributed by atoms with Gasteiger partial charge in [0.15, 0.2) is 11.5 Å². The Hall–Kier alpha value is -2.30. The van der Waals surface area contributed by atoms with E-state index in [0.717, 1.165) is 43.2 Å². The van der Waals surface area contributed by atoms with Crippen molar-refractivity contribution in [2.75, 3.05) is 26.7 Å². The van der Waals surface area contributed by atoms with Crippen molar-refractivity contribution < 1.29 is 9.47 Å². The van der Waals surface area contributed by atoms with Crippen molar-refractivity contribution in [3.05, 3.63) is 64.7 Å². The first-order chi connectivity index (χ1) is 14.4. The van der Waals surface area contributed by atoms with Crippen molar-refractivity contribution >= 4 is 6.08 Å². The summed E-state index contributed by atoms with van der Waals surface area (Å²) in [5.41, 5.74) is 4.92. The van der Waals surface area contributed by atoms with Gasteiger partial charge in [0.1, 0.15) is 5.60 Å². The van der Waals surface area contributed by atoms with Gasteiger partial charge in [-0.15, -0.1) is 0 Å². The summed E-state index contributed by atoms with van der Waals surface area (Å²) in [4.78, 5) is 2.54. The maximum absolute atomic E-state index is 6.16. The molecule has 0 spiro atoms. The number of hydrogen-bond donors (Lipinski definition) is 1. The minimum absolute atomic E-state index is 0.308. The summed E-state index contributed by atoms with van der Waals surface area (Å²) in [5.74, 6) is 2.19. The Bertz CT molecular complexity index is 933. The molecule has 0 unspecified atom stereocenters. The molecule has 0 bridgehead atoms. The minimum atomic E-state index is -0.308. The van der Waals surface area contributed by atoms with E-state index in [0.29, 0.717) is 12.0 Å². The number of methoxy groups -OCH3 is 1. The third-order valence-corrected chi connectivity index (χ3v) is 6.05. The number of nitrogens with zero attached hydrogens (tertiary/aromatic N) is 1. The molecule has 0 saturated carbocycles. The minimum Gasteiger partial charge on any atom is -0.493 e. The van der Waals surface area contributed by atoms with Crippen molar-refractivity contribution in [1.82, 2.24) is 10.2 Å². The smallest absolute Gasteiger partial charge is 0.169 e.